The summed E-state index contributed by atoms with van der Waals surface area (Å²) in [7, 11) is 3.29. The first kappa shape index (κ1) is 18.8. The fourth-order valence-electron chi connectivity index (χ4n) is 2.72. The highest BCUT2D eigenvalue weighted by atomic mass is 16.5. The molecular weight excluding hydrogens is 316 g/mol. The molecule has 0 aliphatic heterocycles. The number of rotatable bonds is 7. The van der Waals surface area contributed by atoms with Crippen molar-refractivity contribution in [3.63, 3.8) is 0 Å². The molecule has 6 heteroatoms. The van der Waals surface area contributed by atoms with Gasteiger partial charge in [-0.2, -0.15) is 4.98 Å². The Labute approximate surface area is 149 Å². The van der Waals surface area contributed by atoms with E-state index in [-0.39, 0.29) is 6.04 Å². The molecule has 2 rings (SSSR count). The van der Waals surface area contributed by atoms with Crippen LogP contribution in [0.2, 0.25) is 0 Å². The molecule has 0 atom stereocenters. The first-order valence-corrected chi connectivity index (χ1v) is 8.48. The maximum absolute atomic E-state index is 6.15. The Morgan fingerprint density at radius 1 is 1.04 bits per heavy atom. The Bertz CT molecular complexity index is 730. The van der Waals surface area contributed by atoms with Crippen LogP contribution in [0.15, 0.2) is 18.3 Å². The quantitative estimate of drug-likeness (QED) is 0.798. The Morgan fingerprint density at radius 2 is 1.68 bits per heavy atom. The van der Waals surface area contributed by atoms with Crippen LogP contribution in [0.4, 0.5) is 11.8 Å². The first-order chi connectivity index (χ1) is 11.8. The third kappa shape index (κ3) is 4.53. The summed E-state index contributed by atoms with van der Waals surface area (Å²) < 4.78 is 10.9. The van der Waals surface area contributed by atoms with E-state index in [1.165, 1.54) is 5.56 Å². The monoisotopic (exact) mass is 344 g/mol. The van der Waals surface area contributed by atoms with E-state index in [9.17, 15) is 0 Å². The lowest BCUT2D eigenvalue weighted by molar-refractivity contribution is 0.354. The predicted molar refractivity (Wildman–Crippen MR) is 102 cm³/mol. The standard InChI is InChI=1S/C19H28N4O2/c1-11(2)15-9-17(25-6)16(24-5)8-13(15)7-14-10-21-19(22-12(3)4)23-18(14)20/h8-12H,7H2,1-6H3,(H3,20,21,22,23). The van der Waals surface area contributed by atoms with Gasteiger partial charge in [0.1, 0.15) is 5.82 Å². The molecule has 0 bridgehead atoms. The Balaban J connectivity index is 2.39. The minimum Gasteiger partial charge on any atom is -0.493 e. The van der Waals surface area contributed by atoms with Crippen LogP contribution in [-0.4, -0.2) is 30.2 Å². The van der Waals surface area contributed by atoms with Crippen molar-refractivity contribution < 1.29 is 9.47 Å². The van der Waals surface area contributed by atoms with E-state index in [1.807, 2.05) is 26.0 Å². The zero-order valence-corrected chi connectivity index (χ0v) is 15.9. The lowest BCUT2D eigenvalue weighted by Gasteiger charge is -2.18. The van der Waals surface area contributed by atoms with E-state index >= 15 is 0 Å². The molecule has 1 heterocycles. The highest BCUT2D eigenvalue weighted by Crippen LogP contribution is 2.35. The summed E-state index contributed by atoms with van der Waals surface area (Å²) in [6.45, 7) is 8.37. The zero-order valence-electron chi connectivity index (χ0n) is 15.9. The van der Waals surface area contributed by atoms with Gasteiger partial charge in [-0.25, -0.2) is 4.98 Å². The van der Waals surface area contributed by atoms with Gasteiger partial charge in [0.15, 0.2) is 11.5 Å². The number of benzene rings is 1. The Hall–Kier alpha value is -2.50. The fourth-order valence-corrected chi connectivity index (χ4v) is 2.72. The first-order valence-electron chi connectivity index (χ1n) is 8.48. The predicted octanol–water partition coefficient (Wildman–Crippen LogP) is 3.61. The summed E-state index contributed by atoms with van der Waals surface area (Å²) in [6.07, 6.45) is 2.43. The van der Waals surface area contributed by atoms with E-state index in [2.05, 4.69) is 29.1 Å². The summed E-state index contributed by atoms with van der Waals surface area (Å²) >= 11 is 0. The SMILES string of the molecule is COc1cc(Cc2cnc(NC(C)C)nc2N)c(C(C)C)cc1OC. The second-order valence-corrected chi connectivity index (χ2v) is 6.64. The number of anilines is 2. The van der Waals surface area contributed by atoms with Gasteiger partial charge in [-0.15, -0.1) is 0 Å². The highest BCUT2D eigenvalue weighted by molar-refractivity contribution is 5.52. The van der Waals surface area contributed by atoms with Crippen molar-refractivity contribution in [1.29, 1.82) is 0 Å². The smallest absolute Gasteiger partial charge is 0.224 e. The van der Waals surface area contributed by atoms with Gasteiger partial charge in [-0.3, -0.25) is 0 Å². The number of hydrogen-bond donors (Lipinski definition) is 2. The summed E-state index contributed by atoms with van der Waals surface area (Å²) in [5.41, 5.74) is 9.37. The maximum Gasteiger partial charge on any atom is 0.224 e. The van der Waals surface area contributed by atoms with Crippen LogP contribution in [0.25, 0.3) is 0 Å². The van der Waals surface area contributed by atoms with Gasteiger partial charge >= 0.3 is 0 Å². The number of methoxy groups -OCH3 is 2. The van der Waals surface area contributed by atoms with Gasteiger partial charge in [-0.1, -0.05) is 13.8 Å². The van der Waals surface area contributed by atoms with Crippen LogP contribution in [0.1, 0.15) is 50.3 Å². The van der Waals surface area contributed by atoms with Gasteiger partial charge < -0.3 is 20.5 Å². The molecular formula is C19H28N4O2. The van der Waals surface area contributed by atoms with Gasteiger partial charge in [0, 0.05) is 24.2 Å². The third-order valence-electron chi connectivity index (χ3n) is 3.96. The van der Waals surface area contributed by atoms with Crippen molar-refractivity contribution >= 4 is 11.8 Å². The van der Waals surface area contributed by atoms with Crippen molar-refractivity contribution in [2.24, 2.45) is 0 Å². The molecule has 1 aromatic heterocycles. The Kier molecular flexibility index (Phi) is 6.07. The molecule has 6 nitrogen and oxygen atoms in total. The Morgan fingerprint density at radius 3 is 2.20 bits per heavy atom. The normalized spacial score (nSPS) is 11.0. The van der Waals surface area contributed by atoms with E-state index in [4.69, 9.17) is 15.2 Å². The van der Waals surface area contributed by atoms with Crippen LogP contribution in [0, 0.1) is 0 Å². The van der Waals surface area contributed by atoms with Crippen molar-refractivity contribution in [2.45, 2.75) is 46.1 Å². The molecule has 0 aliphatic rings. The van der Waals surface area contributed by atoms with E-state index in [0.29, 0.717) is 29.9 Å². The van der Waals surface area contributed by atoms with Crippen molar-refractivity contribution in [3.05, 3.63) is 35.0 Å². The maximum atomic E-state index is 6.15. The average Bonchev–Trinajstić information content (AvgIpc) is 2.56. The molecule has 0 fully saturated rings. The molecule has 0 unspecified atom stereocenters. The average molecular weight is 344 g/mol. The number of ether oxygens (including phenoxy) is 2. The topological polar surface area (TPSA) is 82.3 Å². The minimum absolute atomic E-state index is 0.253. The second-order valence-electron chi connectivity index (χ2n) is 6.64. The zero-order chi connectivity index (χ0) is 18.6. The number of nitrogens with two attached hydrogens (primary N) is 1. The lowest BCUT2D eigenvalue weighted by Crippen LogP contribution is -2.14. The summed E-state index contributed by atoms with van der Waals surface area (Å²) in [5, 5.41) is 3.16. The van der Waals surface area contributed by atoms with Gasteiger partial charge in [0.05, 0.1) is 14.2 Å². The molecule has 0 saturated carbocycles. The van der Waals surface area contributed by atoms with E-state index < -0.39 is 0 Å². The van der Waals surface area contributed by atoms with E-state index in [0.717, 1.165) is 16.9 Å². The molecule has 0 aliphatic carbocycles. The summed E-state index contributed by atoms with van der Waals surface area (Å²) in [6, 6.07) is 4.29. The fraction of sp³-hybridized carbons (Fsp3) is 0.474. The van der Waals surface area contributed by atoms with Crippen LogP contribution >= 0.6 is 0 Å². The van der Waals surface area contributed by atoms with Crippen molar-refractivity contribution in [2.75, 3.05) is 25.3 Å². The number of nitrogens with one attached hydrogen (secondary N) is 1. The number of nitrogens with zero attached hydrogens (tertiary/aromatic N) is 2. The van der Waals surface area contributed by atoms with Crippen LogP contribution < -0.4 is 20.5 Å². The largest absolute Gasteiger partial charge is 0.493 e. The molecule has 25 heavy (non-hydrogen) atoms. The molecule has 2 aromatic rings. The second kappa shape index (κ2) is 8.05. The van der Waals surface area contributed by atoms with Crippen molar-refractivity contribution in [3.8, 4) is 11.5 Å². The number of nitrogen functional groups attached to an aromatic ring is 1. The number of aromatic nitrogens is 2. The summed E-state index contributed by atoms with van der Waals surface area (Å²) in [4.78, 5) is 8.73. The molecule has 0 spiro atoms. The van der Waals surface area contributed by atoms with Gasteiger partial charge in [0.2, 0.25) is 5.95 Å². The van der Waals surface area contributed by atoms with E-state index in [1.54, 1.807) is 20.4 Å². The molecule has 1 aromatic carbocycles. The molecule has 0 radical (unpaired) electrons. The van der Waals surface area contributed by atoms with Crippen LogP contribution in [0.5, 0.6) is 11.5 Å². The van der Waals surface area contributed by atoms with Gasteiger partial charge in [0.25, 0.3) is 0 Å². The minimum atomic E-state index is 0.253. The van der Waals surface area contributed by atoms with Crippen molar-refractivity contribution in [1.82, 2.24) is 9.97 Å². The van der Waals surface area contributed by atoms with Crippen LogP contribution in [-0.2, 0) is 6.42 Å². The number of hydrogen-bond acceptors (Lipinski definition) is 6. The third-order valence-corrected chi connectivity index (χ3v) is 3.96. The van der Waals surface area contributed by atoms with Gasteiger partial charge in [-0.05, 0) is 43.0 Å². The molecule has 136 valence electrons. The van der Waals surface area contributed by atoms with Crippen LogP contribution in [0.3, 0.4) is 0 Å². The molecule has 0 amide bonds. The summed E-state index contributed by atoms with van der Waals surface area (Å²) in [5.74, 6) is 2.82. The highest BCUT2D eigenvalue weighted by Gasteiger charge is 2.16. The molecule has 0 saturated heterocycles. The lowest BCUT2D eigenvalue weighted by atomic mass is 9.92. The molecule has 3 N–H and O–H groups in total.